The Bertz CT molecular complexity index is 360. The fourth-order valence-corrected chi connectivity index (χ4v) is 1.29. The summed E-state index contributed by atoms with van der Waals surface area (Å²) in [6, 6.07) is 7.30. The average Bonchev–Trinajstić information content (AvgIpc) is 2.20. The number of benzene rings is 1. The number of hydrogen-bond acceptors (Lipinski definition) is 3. The van der Waals surface area contributed by atoms with Crippen molar-refractivity contribution in [1.29, 1.82) is 5.26 Å². The van der Waals surface area contributed by atoms with Crippen molar-refractivity contribution in [3.05, 3.63) is 28.8 Å². The van der Waals surface area contributed by atoms with Gasteiger partial charge in [-0.15, -0.1) is 0 Å². The molecule has 1 atom stereocenters. The average molecular weight is 211 g/mol. The summed E-state index contributed by atoms with van der Waals surface area (Å²) in [5, 5.41) is 9.08. The summed E-state index contributed by atoms with van der Waals surface area (Å²) in [6.07, 6.45) is -0.528. The van der Waals surface area contributed by atoms with Gasteiger partial charge in [0.15, 0.2) is 6.10 Å². The van der Waals surface area contributed by atoms with Crippen LogP contribution in [0.15, 0.2) is 18.2 Å². The molecule has 0 aliphatic heterocycles. The van der Waals surface area contributed by atoms with Gasteiger partial charge in [0, 0.05) is 12.1 Å². The van der Waals surface area contributed by atoms with Crippen LogP contribution in [0.25, 0.3) is 0 Å². The van der Waals surface area contributed by atoms with Gasteiger partial charge in [0.1, 0.15) is 11.8 Å². The Morgan fingerprint density at radius 2 is 2.36 bits per heavy atom. The fraction of sp³-hybridized carbons (Fsp3) is 0.300. The summed E-state index contributed by atoms with van der Waals surface area (Å²) in [6.45, 7) is 2.00. The second kappa shape index (κ2) is 4.85. The summed E-state index contributed by atoms with van der Waals surface area (Å²) in [5.41, 5.74) is 6.32. The number of para-hydroxylation sites is 1. The first kappa shape index (κ1) is 10.8. The molecule has 0 bridgehead atoms. The Balaban J connectivity index is 3.00. The minimum absolute atomic E-state index is 0.341. The van der Waals surface area contributed by atoms with Gasteiger partial charge in [-0.2, -0.15) is 5.26 Å². The Labute approximate surface area is 88.0 Å². The van der Waals surface area contributed by atoms with Crippen LogP contribution in [-0.4, -0.2) is 6.10 Å². The zero-order chi connectivity index (χ0) is 10.6. The molecule has 4 heteroatoms. The summed E-state index contributed by atoms with van der Waals surface area (Å²) >= 11 is 5.92. The largest absolute Gasteiger partial charge is 0.474 e. The monoisotopic (exact) mass is 210 g/mol. The van der Waals surface area contributed by atoms with Crippen molar-refractivity contribution in [2.75, 3.05) is 0 Å². The van der Waals surface area contributed by atoms with Crippen LogP contribution in [0.4, 0.5) is 0 Å². The molecule has 0 aromatic heterocycles. The van der Waals surface area contributed by atoms with E-state index in [1.165, 1.54) is 0 Å². The predicted molar refractivity (Wildman–Crippen MR) is 55.0 cm³/mol. The van der Waals surface area contributed by atoms with Gasteiger partial charge in [-0.25, -0.2) is 0 Å². The Morgan fingerprint density at radius 1 is 1.64 bits per heavy atom. The second-order valence-electron chi connectivity index (χ2n) is 2.82. The van der Waals surface area contributed by atoms with Gasteiger partial charge in [0.05, 0.1) is 5.02 Å². The first-order valence-corrected chi connectivity index (χ1v) is 4.60. The SMILES string of the molecule is CC(C#N)Oc1c(Cl)cccc1CN. The van der Waals surface area contributed by atoms with Crippen LogP contribution in [-0.2, 0) is 6.54 Å². The van der Waals surface area contributed by atoms with Crippen LogP contribution >= 0.6 is 11.6 Å². The van der Waals surface area contributed by atoms with Crippen molar-refractivity contribution in [3.8, 4) is 11.8 Å². The smallest absolute Gasteiger partial charge is 0.181 e. The fourth-order valence-electron chi connectivity index (χ4n) is 1.05. The summed E-state index contributed by atoms with van der Waals surface area (Å²) < 4.78 is 5.34. The normalized spacial score (nSPS) is 11.9. The number of rotatable bonds is 3. The summed E-state index contributed by atoms with van der Waals surface area (Å²) in [7, 11) is 0. The molecular formula is C10H11ClN2O. The van der Waals surface area contributed by atoms with E-state index in [0.29, 0.717) is 17.3 Å². The van der Waals surface area contributed by atoms with Crippen molar-refractivity contribution in [1.82, 2.24) is 0 Å². The maximum atomic E-state index is 8.60. The highest BCUT2D eigenvalue weighted by atomic mass is 35.5. The van der Waals surface area contributed by atoms with Gasteiger partial charge in [-0.3, -0.25) is 0 Å². The molecule has 2 N–H and O–H groups in total. The highest BCUT2D eigenvalue weighted by Gasteiger charge is 2.10. The molecule has 0 saturated carbocycles. The summed E-state index contributed by atoms with van der Waals surface area (Å²) in [4.78, 5) is 0. The quantitative estimate of drug-likeness (QED) is 0.831. The van der Waals surface area contributed by atoms with Crippen LogP contribution in [0.5, 0.6) is 5.75 Å². The molecule has 14 heavy (non-hydrogen) atoms. The lowest BCUT2D eigenvalue weighted by atomic mass is 10.2. The molecule has 0 amide bonds. The molecule has 0 aliphatic rings. The molecule has 74 valence electrons. The number of ether oxygens (including phenoxy) is 1. The van der Waals surface area contributed by atoms with Crippen molar-refractivity contribution >= 4 is 11.6 Å². The lowest BCUT2D eigenvalue weighted by Crippen LogP contribution is -2.11. The van der Waals surface area contributed by atoms with Crippen LogP contribution in [0.3, 0.4) is 0 Å². The van der Waals surface area contributed by atoms with Crippen LogP contribution in [0, 0.1) is 11.3 Å². The van der Waals surface area contributed by atoms with E-state index < -0.39 is 6.10 Å². The molecule has 1 rings (SSSR count). The van der Waals surface area contributed by atoms with Crippen molar-refractivity contribution in [3.63, 3.8) is 0 Å². The van der Waals surface area contributed by atoms with E-state index in [1.807, 2.05) is 12.1 Å². The lowest BCUT2D eigenvalue weighted by molar-refractivity contribution is 0.274. The highest BCUT2D eigenvalue weighted by Crippen LogP contribution is 2.29. The van der Waals surface area contributed by atoms with Gasteiger partial charge >= 0.3 is 0 Å². The van der Waals surface area contributed by atoms with E-state index in [9.17, 15) is 0 Å². The van der Waals surface area contributed by atoms with Crippen molar-refractivity contribution in [2.24, 2.45) is 5.73 Å². The van der Waals surface area contributed by atoms with Gasteiger partial charge in [-0.05, 0) is 13.0 Å². The number of nitrogens with zero attached hydrogens (tertiary/aromatic N) is 1. The molecule has 1 aromatic carbocycles. The summed E-state index contributed by atoms with van der Waals surface area (Å²) in [5.74, 6) is 0.505. The standard InChI is InChI=1S/C10H11ClN2O/c1-7(5-12)14-10-8(6-13)3-2-4-9(10)11/h2-4,7H,6,13H2,1H3. The van der Waals surface area contributed by atoms with E-state index in [1.54, 1.807) is 19.1 Å². The van der Waals surface area contributed by atoms with Crippen molar-refractivity contribution < 1.29 is 4.74 Å². The zero-order valence-corrected chi connectivity index (χ0v) is 8.58. The third-order valence-electron chi connectivity index (χ3n) is 1.74. The molecule has 0 heterocycles. The van der Waals surface area contributed by atoms with Crippen LogP contribution in [0.2, 0.25) is 5.02 Å². The first-order valence-electron chi connectivity index (χ1n) is 4.22. The van der Waals surface area contributed by atoms with E-state index in [4.69, 9.17) is 27.3 Å². The topological polar surface area (TPSA) is 59.0 Å². The maximum absolute atomic E-state index is 8.60. The minimum atomic E-state index is -0.528. The molecule has 0 aliphatic carbocycles. The predicted octanol–water partition coefficient (Wildman–Crippen LogP) is 2.09. The molecule has 0 fully saturated rings. The van der Waals surface area contributed by atoms with E-state index >= 15 is 0 Å². The number of halogens is 1. The van der Waals surface area contributed by atoms with Crippen LogP contribution in [0.1, 0.15) is 12.5 Å². The molecule has 3 nitrogen and oxygen atoms in total. The van der Waals surface area contributed by atoms with Crippen LogP contribution < -0.4 is 10.5 Å². The third-order valence-corrected chi connectivity index (χ3v) is 2.04. The molecule has 1 unspecified atom stereocenters. The van der Waals surface area contributed by atoms with Gasteiger partial charge in [0.2, 0.25) is 0 Å². The number of nitrogens with two attached hydrogens (primary N) is 1. The molecule has 1 aromatic rings. The Morgan fingerprint density at radius 3 is 2.93 bits per heavy atom. The molecule has 0 saturated heterocycles. The Hall–Kier alpha value is -1.24. The van der Waals surface area contributed by atoms with E-state index in [-0.39, 0.29) is 0 Å². The third kappa shape index (κ3) is 2.38. The number of hydrogen-bond donors (Lipinski definition) is 1. The second-order valence-corrected chi connectivity index (χ2v) is 3.23. The van der Waals surface area contributed by atoms with Gasteiger partial charge < -0.3 is 10.5 Å². The van der Waals surface area contributed by atoms with Crippen molar-refractivity contribution in [2.45, 2.75) is 19.6 Å². The minimum Gasteiger partial charge on any atom is -0.474 e. The Kier molecular flexibility index (Phi) is 3.75. The van der Waals surface area contributed by atoms with E-state index in [2.05, 4.69) is 0 Å². The highest BCUT2D eigenvalue weighted by molar-refractivity contribution is 6.32. The van der Waals surface area contributed by atoms with Gasteiger partial charge in [-0.1, -0.05) is 23.7 Å². The first-order chi connectivity index (χ1) is 6.69. The molecule has 0 radical (unpaired) electrons. The van der Waals surface area contributed by atoms with E-state index in [0.717, 1.165) is 5.56 Å². The zero-order valence-electron chi connectivity index (χ0n) is 7.83. The molecular weight excluding hydrogens is 200 g/mol. The number of nitriles is 1. The maximum Gasteiger partial charge on any atom is 0.181 e. The lowest BCUT2D eigenvalue weighted by Gasteiger charge is -2.12. The molecule has 0 spiro atoms. The van der Waals surface area contributed by atoms with Gasteiger partial charge in [0.25, 0.3) is 0 Å².